The van der Waals surface area contributed by atoms with Crippen LogP contribution in [0.25, 0.3) is 0 Å². The number of piperidine rings is 1. The minimum absolute atomic E-state index is 0.105. The first-order valence-electron chi connectivity index (χ1n) is 8.88. The predicted molar refractivity (Wildman–Crippen MR) is 97.6 cm³/mol. The van der Waals surface area contributed by atoms with Crippen LogP contribution in [0.5, 0.6) is 0 Å². The van der Waals surface area contributed by atoms with Gasteiger partial charge in [0.15, 0.2) is 0 Å². The van der Waals surface area contributed by atoms with Crippen molar-refractivity contribution in [1.82, 2.24) is 9.80 Å². The quantitative estimate of drug-likeness (QED) is 0.832. The van der Waals surface area contributed by atoms with Gasteiger partial charge in [0.25, 0.3) is 0 Å². The van der Waals surface area contributed by atoms with Crippen LogP contribution in [-0.4, -0.2) is 41.9 Å². The van der Waals surface area contributed by atoms with Crippen LogP contribution in [0.15, 0.2) is 54.6 Å². The highest BCUT2D eigenvalue weighted by Crippen LogP contribution is 2.18. The Labute approximate surface area is 149 Å². The number of nitrogens with zero attached hydrogens (tertiary/aromatic N) is 2. The summed E-state index contributed by atoms with van der Waals surface area (Å²) in [4.78, 5) is 16.8. The van der Waals surface area contributed by atoms with Gasteiger partial charge in [0.05, 0.1) is 6.42 Å². The molecule has 1 fully saturated rings. The standard InChI is InChI=1S/C21H25FN2O/c1-23(21(25)15-17-7-9-19(22)10-8-17)20-11-13-24(14-12-20)16-18-5-3-2-4-6-18/h2-10,20H,11-16H2,1H3. The number of carbonyl (C=O) groups is 1. The average molecular weight is 340 g/mol. The van der Waals surface area contributed by atoms with Crippen molar-refractivity contribution in [2.24, 2.45) is 0 Å². The summed E-state index contributed by atoms with van der Waals surface area (Å²) >= 11 is 0. The summed E-state index contributed by atoms with van der Waals surface area (Å²) in [5.41, 5.74) is 2.20. The lowest BCUT2D eigenvalue weighted by molar-refractivity contribution is -0.132. The molecule has 3 nitrogen and oxygen atoms in total. The van der Waals surface area contributed by atoms with E-state index in [-0.39, 0.29) is 11.7 Å². The van der Waals surface area contributed by atoms with Crippen molar-refractivity contribution in [2.45, 2.75) is 31.8 Å². The van der Waals surface area contributed by atoms with E-state index in [0.717, 1.165) is 38.0 Å². The first kappa shape index (κ1) is 17.6. The van der Waals surface area contributed by atoms with Crippen molar-refractivity contribution in [3.05, 3.63) is 71.5 Å². The Bertz CT molecular complexity index is 679. The fourth-order valence-corrected chi connectivity index (χ4v) is 3.41. The van der Waals surface area contributed by atoms with Gasteiger partial charge in [-0.25, -0.2) is 4.39 Å². The number of amides is 1. The molecular formula is C21H25FN2O. The van der Waals surface area contributed by atoms with E-state index in [2.05, 4.69) is 29.2 Å². The van der Waals surface area contributed by atoms with E-state index in [1.807, 2.05) is 18.0 Å². The summed E-state index contributed by atoms with van der Waals surface area (Å²) in [5.74, 6) is -0.163. The van der Waals surface area contributed by atoms with E-state index >= 15 is 0 Å². The molecule has 0 aromatic heterocycles. The summed E-state index contributed by atoms with van der Waals surface area (Å²) in [7, 11) is 1.89. The molecule has 0 radical (unpaired) electrons. The second kappa shape index (κ2) is 8.26. The largest absolute Gasteiger partial charge is 0.342 e. The average Bonchev–Trinajstić information content (AvgIpc) is 2.64. The van der Waals surface area contributed by atoms with Crippen molar-refractivity contribution in [1.29, 1.82) is 0 Å². The number of carbonyl (C=O) groups excluding carboxylic acids is 1. The molecule has 4 heteroatoms. The van der Waals surface area contributed by atoms with Gasteiger partial charge >= 0.3 is 0 Å². The Balaban J connectivity index is 1.48. The van der Waals surface area contributed by atoms with E-state index in [1.165, 1.54) is 17.7 Å². The maximum atomic E-state index is 13.0. The van der Waals surface area contributed by atoms with Gasteiger partial charge in [-0.2, -0.15) is 0 Å². The van der Waals surface area contributed by atoms with E-state index in [1.54, 1.807) is 12.1 Å². The fourth-order valence-electron chi connectivity index (χ4n) is 3.41. The lowest BCUT2D eigenvalue weighted by atomic mass is 10.0. The maximum Gasteiger partial charge on any atom is 0.226 e. The second-order valence-electron chi connectivity index (χ2n) is 6.80. The number of rotatable bonds is 5. The van der Waals surface area contributed by atoms with Crippen molar-refractivity contribution >= 4 is 5.91 Å². The lowest BCUT2D eigenvalue weighted by Crippen LogP contribution is -2.45. The van der Waals surface area contributed by atoms with Crippen molar-refractivity contribution in [3.8, 4) is 0 Å². The molecule has 3 rings (SSSR count). The lowest BCUT2D eigenvalue weighted by Gasteiger charge is -2.37. The highest BCUT2D eigenvalue weighted by molar-refractivity contribution is 5.78. The van der Waals surface area contributed by atoms with Gasteiger partial charge in [0, 0.05) is 32.7 Å². The summed E-state index contributed by atoms with van der Waals surface area (Å²) in [6.07, 6.45) is 2.33. The number of hydrogen-bond donors (Lipinski definition) is 0. The fraction of sp³-hybridized carbons (Fsp3) is 0.381. The number of benzene rings is 2. The van der Waals surface area contributed by atoms with Crippen LogP contribution in [0.1, 0.15) is 24.0 Å². The molecule has 1 saturated heterocycles. The first-order valence-corrected chi connectivity index (χ1v) is 8.88. The molecule has 2 aromatic rings. The van der Waals surface area contributed by atoms with Gasteiger partial charge in [-0.3, -0.25) is 9.69 Å². The highest BCUT2D eigenvalue weighted by Gasteiger charge is 2.25. The highest BCUT2D eigenvalue weighted by atomic mass is 19.1. The van der Waals surface area contributed by atoms with E-state index in [0.29, 0.717) is 12.5 Å². The van der Waals surface area contributed by atoms with Crippen molar-refractivity contribution in [3.63, 3.8) is 0 Å². The third-order valence-electron chi connectivity index (χ3n) is 5.02. The van der Waals surface area contributed by atoms with Gasteiger partial charge in [-0.1, -0.05) is 42.5 Å². The van der Waals surface area contributed by atoms with E-state index < -0.39 is 0 Å². The van der Waals surface area contributed by atoms with E-state index in [9.17, 15) is 9.18 Å². The monoisotopic (exact) mass is 340 g/mol. The molecule has 0 atom stereocenters. The normalized spacial score (nSPS) is 15.9. The third-order valence-corrected chi connectivity index (χ3v) is 5.02. The predicted octanol–water partition coefficient (Wildman–Crippen LogP) is 3.49. The molecule has 0 N–H and O–H groups in total. The molecular weight excluding hydrogens is 315 g/mol. The SMILES string of the molecule is CN(C(=O)Cc1ccc(F)cc1)C1CCN(Cc2ccccc2)CC1. The summed E-state index contributed by atoms with van der Waals surface area (Å²) in [6.45, 7) is 2.99. The molecule has 0 unspecified atom stereocenters. The molecule has 1 aliphatic rings. The Morgan fingerprint density at radius 2 is 1.68 bits per heavy atom. The summed E-state index contributed by atoms with van der Waals surface area (Å²) in [5, 5.41) is 0. The molecule has 1 aliphatic heterocycles. The van der Waals surface area contributed by atoms with Gasteiger partial charge < -0.3 is 4.90 Å². The second-order valence-corrected chi connectivity index (χ2v) is 6.80. The number of likely N-dealkylation sites (tertiary alicyclic amines) is 1. The van der Waals surface area contributed by atoms with Gasteiger partial charge in [-0.15, -0.1) is 0 Å². The molecule has 1 amide bonds. The van der Waals surface area contributed by atoms with Crippen molar-refractivity contribution in [2.75, 3.05) is 20.1 Å². The zero-order chi connectivity index (χ0) is 17.6. The van der Waals surface area contributed by atoms with Crippen LogP contribution >= 0.6 is 0 Å². The summed E-state index contributed by atoms with van der Waals surface area (Å²) < 4.78 is 13.0. The van der Waals surface area contributed by atoms with Crippen LogP contribution in [0.3, 0.4) is 0 Å². The Hall–Kier alpha value is -2.20. The molecule has 0 saturated carbocycles. The van der Waals surface area contributed by atoms with Gasteiger partial charge in [0.1, 0.15) is 5.82 Å². The van der Waals surface area contributed by atoms with Crippen LogP contribution in [0, 0.1) is 5.82 Å². The molecule has 0 spiro atoms. The number of hydrogen-bond acceptors (Lipinski definition) is 2. The molecule has 0 aliphatic carbocycles. The zero-order valence-electron chi connectivity index (χ0n) is 14.7. The molecule has 1 heterocycles. The van der Waals surface area contributed by atoms with Gasteiger partial charge in [-0.05, 0) is 36.1 Å². The summed E-state index contributed by atoms with van der Waals surface area (Å²) in [6, 6.07) is 17.0. The van der Waals surface area contributed by atoms with Crippen molar-refractivity contribution < 1.29 is 9.18 Å². The smallest absolute Gasteiger partial charge is 0.226 e. The maximum absolute atomic E-state index is 13.0. The van der Waals surface area contributed by atoms with Crippen LogP contribution in [0.4, 0.5) is 4.39 Å². The Morgan fingerprint density at radius 1 is 1.04 bits per heavy atom. The number of likely N-dealkylation sites (N-methyl/N-ethyl adjacent to an activating group) is 1. The minimum Gasteiger partial charge on any atom is -0.342 e. The van der Waals surface area contributed by atoms with Crippen LogP contribution in [0.2, 0.25) is 0 Å². The first-order chi connectivity index (χ1) is 12.1. The minimum atomic E-state index is -0.268. The Kier molecular flexibility index (Phi) is 5.82. The molecule has 0 bridgehead atoms. The Morgan fingerprint density at radius 3 is 2.32 bits per heavy atom. The van der Waals surface area contributed by atoms with Crippen LogP contribution in [-0.2, 0) is 17.8 Å². The number of halogens is 1. The third kappa shape index (κ3) is 4.89. The molecule has 2 aromatic carbocycles. The topological polar surface area (TPSA) is 23.6 Å². The van der Waals surface area contributed by atoms with E-state index in [4.69, 9.17) is 0 Å². The molecule has 132 valence electrons. The van der Waals surface area contributed by atoms with Gasteiger partial charge in [0.2, 0.25) is 5.91 Å². The zero-order valence-corrected chi connectivity index (χ0v) is 14.7. The molecule has 25 heavy (non-hydrogen) atoms. The van der Waals surface area contributed by atoms with Crippen LogP contribution < -0.4 is 0 Å².